The number of nitrogens with zero attached hydrogens (tertiary/aromatic N) is 1. The van der Waals surface area contributed by atoms with Gasteiger partial charge in [-0.25, -0.2) is 18.1 Å². The van der Waals surface area contributed by atoms with Crippen LogP contribution in [0.15, 0.2) is 17.2 Å². The summed E-state index contributed by atoms with van der Waals surface area (Å²) in [5.74, 6) is 0.296. The SMILES string of the molecule is CC(NS(=O)(=O)c1cnc(N)c(Cl)c1)C1CCOC1. The van der Waals surface area contributed by atoms with E-state index in [4.69, 9.17) is 22.1 Å². The second-order valence-electron chi connectivity index (χ2n) is 4.57. The highest BCUT2D eigenvalue weighted by molar-refractivity contribution is 7.89. The van der Waals surface area contributed by atoms with Crippen LogP contribution in [0.3, 0.4) is 0 Å². The molecule has 1 aromatic heterocycles. The summed E-state index contributed by atoms with van der Waals surface area (Å²) in [6, 6.07) is 1.09. The molecule has 3 N–H and O–H groups in total. The third kappa shape index (κ3) is 3.36. The Bertz CT molecular complexity index is 558. The molecular weight excluding hydrogens is 290 g/mol. The number of anilines is 1. The third-order valence-electron chi connectivity index (χ3n) is 3.17. The van der Waals surface area contributed by atoms with Crippen molar-refractivity contribution in [2.75, 3.05) is 18.9 Å². The Morgan fingerprint density at radius 3 is 2.95 bits per heavy atom. The van der Waals surface area contributed by atoms with E-state index < -0.39 is 10.0 Å². The Labute approximate surface area is 117 Å². The van der Waals surface area contributed by atoms with Crippen LogP contribution < -0.4 is 10.5 Å². The molecule has 19 heavy (non-hydrogen) atoms. The number of hydrogen-bond acceptors (Lipinski definition) is 5. The van der Waals surface area contributed by atoms with E-state index in [9.17, 15) is 8.42 Å². The van der Waals surface area contributed by atoms with Crippen LogP contribution in [0.5, 0.6) is 0 Å². The van der Waals surface area contributed by atoms with E-state index in [0.717, 1.165) is 6.42 Å². The van der Waals surface area contributed by atoms with Crippen molar-refractivity contribution in [3.63, 3.8) is 0 Å². The number of sulfonamides is 1. The molecule has 6 nitrogen and oxygen atoms in total. The zero-order valence-corrected chi connectivity index (χ0v) is 12.0. The van der Waals surface area contributed by atoms with Gasteiger partial charge in [0, 0.05) is 24.8 Å². The van der Waals surface area contributed by atoms with Gasteiger partial charge in [0.1, 0.15) is 10.7 Å². The molecule has 0 amide bonds. The number of nitrogen functional groups attached to an aromatic ring is 1. The molecule has 0 radical (unpaired) electrons. The minimum absolute atomic E-state index is 0.0115. The lowest BCUT2D eigenvalue weighted by atomic mass is 10.0. The van der Waals surface area contributed by atoms with Crippen LogP contribution in [0.25, 0.3) is 0 Å². The smallest absolute Gasteiger partial charge is 0.242 e. The summed E-state index contributed by atoms with van der Waals surface area (Å²) in [5.41, 5.74) is 5.46. The van der Waals surface area contributed by atoms with E-state index in [1.165, 1.54) is 12.3 Å². The van der Waals surface area contributed by atoms with Crippen LogP contribution in [0.1, 0.15) is 13.3 Å². The van der Waals surface area contributed by atoms with Gasteiger partial charge < -0.3 is 10.5 Å². The Morgan fingerprint density at radius 1 is 1.63 bits per heavy atom. The highest BCUT2D eigenvalue weighted by Gasteiger charge is 2.27. The van der Waals surface area contributed by atoms with Gasteiger partial charge in [0.2, 0.25) is 10.0 Å². The summed E-state index contributed by atoms with van der Waals surface area (Å²) in [4.78, 5) is 3.76. The fourth-order valence-electron chi connectivity index (χ4n) is 1.93. The van der Waals surface area contributed by atoms with Crippen molar-refractivity contribution < 1.29 is 13.2 Å². The maximum absolute atomic E-state index is 12.2. The predicted molar refractivity (Wildman–Crippen MR) is 72.4 cm³/mol. The molecule has 2 unspecified atom stereocenters. The maximum Gasteiger partial charge on any atom is 0.242 e. The molecule has 1 aliphatic heterocycles. The Hall–Kier alpha value is -0.890. The Balaban J connectivity index is 2.15. The zero-order valence-electron chi connectivity index (χ0n) is 10.5. The van der Waals surface area contributed by atoms with Crippen LogP contribution in [0, 0.1) is 5.92 Å². The van der Waals surface area contributed by atoms with Crippen molar-refractivity contribution in [3.05, 3.63) is 17.3 Å². The summed E-state index contributed by atoms with van der Waals surface area (Å²) < 4.78 is 32.2. The molecule has 1 aromatic rings. The number of ether oxygens (including phenoxy) is 1. The average molecular weight is 306 g/mol. The molecule has 2 atom stereocenters. The van der Waals surface area contributed by atoms with Gasteiger partial charge >= 0.3 is 0 Å². The lowest BCUT2D eigenvalue weighted by Gasteiger charge is -2.19. The third-order valence-corrected chi connectivity index (χ3v) is 5.00. The fourth-order valence-corrected chi connectivity index (χ4v) is 3.45. The van der Waals surface area contributed by atoms with Gasteiger partial charge in [-0.15, -0.1) is 0 Å². The Kier molecular flexibility index (Phi) is 4.29. The molecule has 0 bridgehead atoms. The number of halogens is 1. The molecule has 0 saturated carbocycles. The summed E-state index contributed by atoms with van der Waals surface area (Å²) in [6.45, 7) is 3.07. The number of nitrogens with two attached hydrogens (primary N) is 1. The van der Waals surface area contributed by atoms with E-state index >= 15 is 0 Å². The molecule has 0 aliphatic carbocycles. The lowest BCUT2D eigenvalue weighted by Crippen LogP contribution is -2.38. The molecule has 0 aromatic carbocycles. The van der Waals surface area contributed by atoms with Crippen molar-refractivity contribution >= 4 is 27.4 Å². The van der Waals surface area contributed by atoms with Crippen LogP contribution in [-0.2, 0) is 14.8 Å². The topological polar surface area (TPSA) is 94.3 Å². The van der Waals surface area contributed by atoms with Gasteiger partial charge in [0.15, 0.2) is 0 Å². The van der Waals surface area contributed by atoms with E-state index in [0.29, 0.717) is 13.2 Å². The quantitative estimate of drug-likeness (QED) is 0.866. The van der Waals surface area contributed by atoms with Crippen molar-refractivity contribution in [3.8, 4) is 0 Å². The second-order valence-corrected chi connectivity index (χ2v) is 6.69. The summed E-state index contributed by atoms with van der Waals surface area (Å²) >= 11 is 5.78. The molecule has 2 rings (SSSR count). The van der Waals surface area contributed by atoms with E-state index in [-0.39, 0.29) is 27.7 Å². The van der Waals surface area contributed by atoms with Crippen LogP contribution in [0.4, 0.5) is 5.82 Å². The lowest BCUT2D eigenvalue weighted by molar-refractivity contribution is 0.180. The molecular formula is C11H16ClN3O3S. The van der Waals surface area contributed by atoms with Crippen molar-refractivity contribution in [1.82, 2.24) is 9.71 Å². The molecule has 1 fully saturated rings. The van der Waals surface area contributed by atoms with Gasteiger partial charge in [0.25, 0.3) is 0 Å². The zero-order chi connectivity index (χ0) is 14.0. The normalized spacial score (nSPS) is 21.5. The van der Waals surface area contributed by atoms with Crippen molar-refractivity contribution in [2.45, 2.75) is 24.3 Å². The average Bonchev–Trinajstić information content (AvgIpc) is 2.85. The fraction of sp³-hybridized carbons (Fsp3) is 0.545. The molecule has 106 valence electrons. The number of rotatable bonds is 4. The molecule has 2 heterocycles. The first-order valence-electron chi connectivity index (χ1n) is 5.91. The summed E-state index contributed by atoms with van der Waals surface area (Å²) in [5, 5.41) is 0.125. The monoisotopic (exact) mass is 305 g/mol. The van der Waals surface area contributed by atoms with Gasteiger partial charge in [-0.2, -0.15) is 0 Å². The summed E-state index contributed by atoms with van der Waals surface area (Å²) in [7, 11) is -3.64. The Morgan fingerprint density at radius 2 is 2.37 bits per heavy atom. The van der Waals surface area contributed by atoms with Crippen molar-refractivity contribution in [1.29, 1.82) is 0 Å². The number of aromatic nitrogens is 1. The van der Waals surface area contributed by atoms with E-state index in [1.807, 2.05) is 6.92 Å². The van der Waals surface area contributed by atoms with Crippen LogP contribution >= 0.6 is 11.6 Å². The number of hydrogen-bond donors (Lipinski definition) is 2. The van der Waals surface area contributed by atoms with Crippen molar-refractivity contribution in [2.24, 2.45) is 5.92 Å². The minimum atomic E-state index is -3.64. The highest BCUT2D eigenvalue weighted by Crippen LogP contribution is 2.22. The van der Waals surface area contributed by atoms with Gasteiger partial charge in [-0.05, 0) is 19.4 Å². The standard InChI is InChI=1S/C11H16ClN3O3S/c1-7(8-2-3-18-6-8)15-19(16,17)9-4-10(12)11(13)14-5-9/h4-5,7-8,15H,2-3,6H2,1H3,(H2,13,14). The number of pyridine rings is 1. The van der Waals surface area contributed by atoms with E-state index in [1.54, 1.807) is 0 Å². The van der Waals surface area contributed by atoms with E-state index in [2.05, 4.69) is 9.71 Å². The van der Waals surface area contributed by atoms with Gasteiger partial charge in [-0.3, -0.25) is 0 Å². The largest absolute Gasteiger partial charge is 0.382 e. The summed E-state index contributed by atoms with van der Waals surface area (Å²) in [6.07, 6.45) is 2.05. The second kappa shape index (κ2) is 5.62. The number of nitrogens with one attached hydrogen (secondary N) is 1. The first-order valence-corrected chi connectivity index (χ1v) is 7.77. The molecule has 0 spiro atoms. The molecule has 1 aliphatic rings. The first kappa shape index (κ1) is 14.5. The van der Waals surface area contributed by atoms with Gasteiger partial charge in [0.05, 0.1) is 11.6 Å². The first-order chi connectivity index (χ1) is 8.90. The van der Waals surface area contributed by atoms with Crippen LogP contribution in [0.2, 0.25) is 5.02 Å². The minimum Gasteiger partial charge on any atom is -0.382 e. The van der Waals surface area contributed by atoms with Crippen LogP contribution in [-0.4, -0.2) is 32.7 Å². The predicted octanol–water partition coefficient (Wildman–Crippen LogP) is 1.02. The molecule has 1 saturated heterocycles. The maximum atomic E-state index is 12.2. The van der Waals surface area contributed by atoms with Gasteiger partial charge in [-0.1, -0.05) is 11.6 Å². The molecule has 8 heteroatoms. The highest BCUT2D eigenvalue weighted by atomic mass is 35.5.